The van der Waals surface area contributed by atoms with Gasteiger partial charge in [0.2, 0.25) is 0 Å². The molecule has 0 radical (unpaired) electrons. The summed E-state index contributed by atoms with van der Waals surface area (Å²) in [4.78, 5) is 26.1. The van der Waals surface area contributed by atoms with Gasteiger partial charge in [-0.15, -0.1) is 0 Å². The van der Waals surface area contributed by atoms with E-state index in [9.17, 15) is 9.59 Å². The van der Waals surface area contributed by atoms with Gasteiger partial charge in [-0.05, 0) is 43.4 Å². The van der Waals surface area contributed by atoms with E-state index in [0.29, 0.717) is 6.54 Å². The normalized spacial score (nSPS) is 24.9. The maximum absolute atomic E-state index is 12.5. The van der Waals surface area contributed by atoms with Crippen molar-refractivity contribution in [2.24, 2.45) is 5.92 Å². The molecule has 0 unspecified atom stereocenters. The molecular weight excluding hydrogens is 334 g/mol. The lowest BCUT2D eigenvalue weighted by Crippen LogP contribution is -2.39. The number of carbonyl (C=O) groups excluding carboxylic acids is 2. The van der Waals surface area contributed by atoms with Crippen LogP contribution in [0.5, 0.6) is 0 Å². The molecule has 3 rings (SSSR count). The first kappa shape index (κ1) is 14.6. The van der Waals surface area contributed by atoms with Crippen LogP contribution in [0.15, 0.2) is 22.7 Å². The van der Waals surface area contributed by atoms with E-state index in [4.69, 9.17) is 4.74 Å². The Kier molecular flexibility index (Phi) is 4.02. The lowest BCUT2D eigenvalue weighted by atomic mass is 9.85. The zero-order valence-corrected chi connectivity index (χ0v) is 13.6. The Morgan fingerprint density at radius 3 is 2.62 bits per heavy atom. The van der Waals surface area contributed by atoms with Gasteiger partial charge in [0.1, 0.15) is 0 Å². The molecule has 1 aromatic carbocycles. The average molecular weight is 352 g/mol. The number of benzene rings is 1. The summed E-state index contributed by atoms with van der Waals surface area (Å²) < 4.78 is 5.81. The molecule has 0 atom stereocenters. The molecule has 0 N–H and O–H groups in total. The summed E-state index contributed by atoms with van der Waals surface area (Å²) in [5, 5.41) is 0. The fourth-order valence-corrected chi connectivity index (χ4v) is 3.89. The molecule has 21 heavy (non-hydrogen) atoms. The van der Waals surface area contributed by atoms with Gasteiger partial charge in [0.25, 0.3) is 5.91 Å². The summed E-state index contributed by atoms with van der Waals surface area (Å²) in [6.45, 7) is 0.670. The number of amides is 1. The molecule has 1 fully saturated rings. The van der Waals surface area contributed by atoms with E-state index in [-0.39, 0.29) is 23.8 Å². The van der Waals surface area contributed by atoms with Gasteiger partial charge in [-0.2, -0.15) is 0 Å². The Hall–Kier alpha value is -1.36. The van der Waals surface area contributed by atoms with E-state index in [0.717, 1.165) is 41.3 Å². The van der Waals surface area contributed by atoms with Gasteiger partial charge in [-0.3, -0.25) is 9.59 Å². The molecule has 4 nitrogen and oxygen atoms in total. The summed E-state index contributed by atoms with van der Waals surface area (Å²) in [5.41, 5.74) is 1.89. The fourth-order valence-electron chi connectivity index (χ4n) is 3.40. The predicted octanol–water partition coefficient (Wildman–Crippen LogP) is 3.14. The van der Waals surface area contributed by atoms with Crippen molar-refractivity contribution in [1.29, 1.82) is 0 Å². The third-order valence-electron chi connectivity index (χ3n) is 4.61. The van der Waals surface area contributed by atoms with Crippen molar-refractivity contribution in [2.45, 2.75) is 38.3 Å². The number of halogens is 1. The molecule has 112 valence electrons. The smallest absolute Gasteiger partial charge is 0.308 e. The van der Waals surface area contributed by atoms with E-state index in [1.807, 2.05) is 23.1 Å². The van der Waals surface area contributed by atoms with Crippen molar-refractivity contribution in [1.82, 2.24) is 4.90 Å². The SMILES string of the molecule is COC(=O)C1CCC(N2Cc3c(Br)cccc3C2=O)CC1. The minimum atomic E-state index is -0.118. The number of fused-ring (bicyclic) bond motifs is 1. The van der Waals surface area contributed by atoms with Crippen molar-refractivity contribution in [3.05, 3.63) is 33.8 Å². The number of esters is 1. The minimum Gasteiger partial charge on any atom is -0.469 e. The number of carbonyl (C=O) groups is 2. The number of hydrogen-bond acceptors (Lipinski definition) is 3. The average Bonchev–Trinajstić information content (AvgIpc) is 2.85. The number of ether oxygens (including phenoxy) is 1. The van der Waals surface area contributed by atoms with Crippen LogP contribution in [0, 0.1) is 5.92 Å². The number of methoxy groups -OCH3 is 1. The Labute approximate surface area is 132 Å². The lowest BCUT2D eigenvalue weighted by molar-refractivity contribution is -0.146. The Balaban J connectivity index is 1.70. The maximum Gasteiger partial charge on any atom is 0.308 e. The van der Waals surface area contributed by atoms with Crippen LogP contribution < -0.4 is 0 Å². The van der Waals surface area contributed by atoms with Crippen LogP contribution in [0.25, 0.3) is 0 Å². The number of hydrogen-bond donors (Lipinski definition) is 0. The highest BCUT2D eigenvalue weighted by Crippen LogP contribution is 2.35. The first-order chi connectivity index (χ1) is 10.1. The van der Waals surface area contributed by atoms with Crippen LogP contribution in [-0.2, 0) is 16.1 Å². The Morgan fingerprint density at radius 1 is 1.29 bits per heavy atom. The van der Waals surface area contributed by atoms with Crippen LogP contribution in [0.3, 0.4) is 0 Å². The summed E-state index contributed by atoms with van der Waals surface area (Å²) in [6.07, 6.45) is 3.35. The van der Waals surface area contributed by atoms with Gasteiger partial charge in [-0.25, -0.2) is 0 Å². The number of rotatable bonds is 2. The molecule has 1 aliphatic carbocycles. The van der Waals surface area contributed by atoms with Gasteiger partial charge < -0.3 is 9.64 Å². The van der Waals surface area contributed by atoms with E-state index in [2.05, 4.69) is 15.9 Å². The highest BCUT2D eigenvalue weighted by molar-refractivity contribution is 9.10. The first-order valence-electron chi connectivity index (χ1n) is 7.28. The van der Waals surface area contributed by atoms with Crippen LogP contribution in [0.2, 0.25) is 0 Å². The molecule has 0 bridgehead atoms. The van der Waals surface area contributed by atoms with Gasteiger partial charge in [0.05, 0.1) is 13.0 Å². The maximum atomic E-state index is 12.5. The largest absolute Gasteiger partial charge is 0.469 e. The zero-order valence-electron chi connectivity index (χ0n) is 12.0. The van der Waals surface area contributed by atoms with Crippen molar-refractivity contribution in [3.63, 3.8) is 0 Å². The fraction of sp³-hybridized carbons (Fsp3) is 0.500. The van der Waals surface area contributed by atoms with Gasteiger partial charge in [-0.1, -0.05) is 22.0 Å². The number of nitrogens with zero attached hydrogens (tertiary/aromatic N) is 1. The molecule has 0 saturated heterocycles. The molecule has 1 heterocycles. The van der Waals surface area contributed by atoms with Crippen LogP contribution in [0.4, 0.5) is 0 Å². The minimum absolute atomic E-state index is 0.00179. The highest BCUT2D eigenvalue weighted by Gasteiger charge is 2.36. The molecule has 2 aliphatic rings. The standard InChI is InChI=1S/C16H18BrNO3/c1-21-16(20)10-5-7-11(8-6-10)18-9-13-12(15(18)19)3-2-4-14(13)17/h2-4,10-11H,5-9H2,1H3. The van der Waals surface area contributed by atoms with Crippen molar-refractivity contribution >= 4 is 27.8 Å². The second-order valence-electron chi connectivity index (χ2n) is 5.73. The van der Waals surface area contributed by atoms with Crippen molar-refractivity contribution < 1.29 is 14.3 Å². The molecule has 1 aliphatic heterocycles. The quantitative estimate of drug-likeness (QED) is 0.769. The Bertz CT molecular complexity index is 579. The first-order valence-corrected chi connectivity index (χ1v) is 8.07. The topological polar surface area (TPSA) is 46.6 Å². The van der Waals surface area contributed by atoms with Crippen LogP contribution in [-0.4, -0.2) is 29.9 Å². The summed E-state index contributed by atoms with van der Waals surface area (Å²) in [7, 11) is 1.44. The molecule has 0 spiro atoms. The van der Waals surface area contributed by atoms with Gasteiger partial charge >= 0.3 is 5.97 Å². The third-order valence-corrected chi connectivity index (χ3v) is 5.35. The van der Waals surface area contributed by atoms with E-state index < -0.39 is 0 Å². The molecular formula is C16H18BrNO3. The van der Waals surface area contributed by atoms with Crippen LogP contribution in [0.1, 0.15) is 41.6 Å². The molecule has 1 aromatic rings. The zero-order chi connectivity index (χ0) is 15.0. The van der Waals surface area contributed by atoms with E-state index in [1.54, 1.807) is 0 Å². The highest BCUT2D eigenvalue weighted by atomic mass is 79.9. The molecule has 5 heteroatoms. The van der Waals surface area contributed by atoms with Crippen LogP contribution >= 0.6 is 15.9 Å². The molecule has 1 amide bonds. The van der Waals surface area contributed by atoms with E-state index in [1.165, 1.54) is 7.11 Å². The lowest BCUT2D eigenvalue weighted by Gasteiger charge is -2.33. The molecule has 0 aromatic heterocycles. The van der Waals surface area contributed by atoms with Crippen molar-refractivity contribution in [3.8, 4) is 0 Å². The monoisotopic (exact) mass is 351 g/mol. The Morgan fingerprint density at radius 2 is 2.00 bits per heavy atom. The summed E-state index contributed by atoms with van der Waals surface area (Å²) in [5.74, 6) is -0.00175. The third kappa shape index (κ3) is 2.59. The summed E-state index contributed by atoms with van der Waals surface area (Å²) >= 11 is 3.52. The van der Waals surface area contributed by atoms with Gasteiger partial charge in [0.15, 0.2) is 0 Å². The van der Waals surface area contributed by atoms with Gasteiger partial charge in [0, 0.05) is 22.6 Å². The molecule has 1 saturated carbocycles. The summed E-state index contributed by atoms with van der Waals surface area (Å²) in [6, 6.07) is 6.00. The second-order valence-corrected chi connectivity index (χ2v) is 6.58. The second kappa shape index (κ2) is 5.79. The van der Waals surface area contributed by atoms with E-state index >= 15 is 0 Å². The predicted molar refractivity (Wildman–Crippen MR) is 81.8 cm³/mol. The van der Waals surface area contributed by atoms with Crippen molar-refractivity contribution in [2.75, 3.05) is 7.11 Å².